The summed E-state index contributed by atoms with van der Waals surface area (Å²) >= 11 is 0. The zero-order valence-corrected chi connectivity index (χ0v) is 11.6. The Morgan fingerprint density at radius 3 is 2.41 bits per heavy atom. The summed E-state index contributed by atoms with van der Waals surface area (Å²) in [6.45, 7) is 2.12. The molecule has 6 heteroatoms. The first kappa shape index (κ1) is 15.4. The maximum Gasteiger partial charge on any atom is 0.346 e. The Labute approximate surface area is 125 Å². The fourth-order valence-electron chi connectivity index (χ4n) is 1.73. The Morgan fingerprint density at radius 2 is 1.82 bits per heavy atom. The van der Waals surface area contributed by atoms with Crippen LogP contribution >= 0.6 is 0 Å². The van der Waals surface area contributed by atoms with Gasteiger partial charge in [-0.25, -0.2) is 13.6 Å². The number of benzene rings is 2. The first-order chi connectivity index (χ1) is 10.5. The number of hydrogen-bond donors (Lipinski definition) is 0. The molecule has 0 atom stereocenters. The van der Waals surface area contributed by atoms with E-state index in [1.807, 2.05) is 0 Å². The lowest BCUT2D eigenvalue weighted by Gasteiger charge is -2.07. The average Bonchev–Trinajstić information content (AvgIpc) is 2.47. The van der Waals surface area contributed by atoms with Crippen molar-refractivity contribution < 1.29 is 23.0 Å². The Balaban J connectivity index is 2.19. The summed E-state index contributed by atoms with van der Waals surface area (Å²) in [7, 11) is 0. The van der Waals surface area contributed by atoms with Crippen LogP contribution in [0, 0.1) is 23.0 Å². The van der Waals surface area contributed by atoms with E-state index in [1.54, 1.807) is 13.0 Å². The average molecular weight is 303 g/mol. The predicted octanol–water partition coefficient (Wildman–Crippen LogP) is 3.45. The SMILES string of the molecule is CCOc1ccc(C(=O)Oc2ccc(C#N)c(F)c2)c(F)c1. The lowest BCUT2D eigenvalue weighted by Crippen LogP contribution is -2.11. The Morgan fingerprint density at radius 1 is 1.14 bits per heavy atom. The molecule has 22 heavy (non-hydrogen) atoms. The molecule has 2 aromatic carbocycles. The molecule has 2 aromatic rings. The molecular weight excluding hydrogens is 292 g/mol. The summed E-state index contributed by atoms with van der Waals surface area (Å²) in [4.78, 5) is 11.9. The molecule has 0 saturated heterocycles. The van der Waals surface area contributed by atoms with Crippen molar-refractivity contribution in [1.82, 2.24) is 0 Å². The normalized spacial score (nSPS) is 9.91. The van der Waals surface area contributed by atoms with E-state index in [0.29, 0.717) is 12.4 Å². The van der Waals surface area contributed by atoms with E-state index in [4.69, 9.17) is 14.7 Å². The van der Waals surface area contributed by atoms with Crippen molar-refractivity contribution in [2.75, 3.05) is 6.61 Å². The monoisotopic (exact) mass is 303 g/mol. The van der Waals surface area contributed by atoms with Crippen molar-refractivity contribution in [1.29, 1.82) is 5.26 Å². The van der Waals surface area contributed by atoms with Crippen LogP contribution in [0.3, 0.4) is 0 Å². The van der Waals surface area contributed by atoms with Crippen molar-refractivity contribution in [3.05, 3.63) is 59.2 Å². The van der Waals surface area contributed by atoms with Gasteiger partial charge in [0.2, 0.25) is 0 Å². The zero-order chi connectivity index (χ0) is 16.1. The van der Waals surface area contributed by atoms with Gasteiger partial charge in [-0.2, -0.15) is 5.26 Å². The van der Waals surface area contributed by atoms with Crippen molar-refractivity contribution >= 4 is 5.97 Å². The van der Waals surface area contributed by atoms with Gasteiger partial charge in [-0.1, -0.05) is 0 Å². The lowest BCUT2D eigenvalue weighted by atomic mass is 10.2. The number of nitriles is 1. The van der Waals surface area contributed by atoms with Crippen LogP contribution in [0.1, 0.15) is 22.8 Å². The quantitative estimate of drug-likeness (QED) is 0.641. The van der Waals surface area contributed by atoms with E-state index >= 15 is 0 Å². The molecule has 0 aromatic heterocycles. The molecule has 0 aliphatic rings. The fourth-order valence-corrected chi connectivity index (χ4v) is 1.73. The molecule has 0 aliphatic carbocycles. The molecular formula is C16H11F2NO3. The van der Waals surface area contributed by atoms with Gasteiger partial charge in [0.25, 0.3) is 0 Å². The highest BCUT2D eigenvalue weighted by molar-refractivity contribution is 5.91. The highest BCUT2D eigenvalue weighted by Gasteiger charge is 2.16. The summed E-state index contributed by atoms with van der Waals surface area (Å²) in [5.74, 6) is -2.41. The second-order valence-corrected chi connectivity index (χ2v) is 4.22. The zero-order valence-electron chi connectivity index (χ0n) is 11.6. The van der Waals surface area contributed by atoms with E-state index in [2.05, 4.69) is 0 Å². The van der Waals surface area contributed by atoms with Crippen LogP contribution in [0.5, 0.6) is 11.5 Å². The number of carbonyl (C=O) groups is 1. The first-order valence-electron chi connectivity index (χ1n) is 6.39. The van der Waals surface area contributed by atoms with Crippen molar-refractivity contribution in [3.8, 4) is 17.6 Å². The van der Waals surface area contributed by atoms with Crippen LogP contribution in [0.25, 0.3) is 0 Å². The topological polar surface area (TPSA) is 59.3 Å². The number of halogens is 2. The number of esters is 1. The molecule has 0 aliphatic heterocycles. The van der Waals surface area contributed by atoms with Gasteiger partial charge >= 0.3 is 5.97 Å². The van der Waals surface area contributed by atoms with E-state index in [9.17, 15) is 13.6 Å². The van der Waals surface area contributed by atoms with Crippen molar-refractivity contribution in [2.24, 2.45) is 0 Å². The minimum Gasteiger partial charge on any atom is -0.494 e. The number of hydrogen-bond acceptors (Lipinski definition) is 4. The molecule has 0 spiro atoms. The largest absolute Gasteiger partial charge is 0.494 e. The Bertz CT molecular complexity index is 754. The number of nitrogens with zero attached hydrogens (tertiary/aromatic N) is 1. The van der Waals surface area contributed by atoms with E-state index < -0.39 is 17.6 Å². The third-order valence-corrected chi connectivity index (χ3v) is 2.74. The third-order valence-electron chi connectivity index (χ3n) is 2.74. The standard InChI is InChI=1S/C16H11F2NO3/c1-2-21-11-5-6-13(15(18)7-11)16(20)22-12-4-3-10(9-19)14(17)8-12/h3-8H,2H2,1H3. The number of ether oxygens (including phenoxy) is 2. The molecule has 0 radical (unpaired) electrons. The summed E-state index contributed by atoms with van der Waals surface area (Å²) < 4.78 is 37.2. The van der Waals surface area contributed by atoms with Gasteiger partial charge in [-0.15, -0.1) is 0 Å². The second kappa shape index (κ2) is 6.68. The Hall–Kier alpha value is -2.94. The van der Waals surface area contributed by atoms with E-state index in [1.165, 1.54) is 24.3 Å². The van der Waals surface area contributed by atoms with Crippen LogP contribution < -0.4 is 9.47 Å². The highest BCUT2D eigenvalue weighted by Crippen LogP contribution is 2.20. The maximum absolute atomic E-state index is 13.8. The van der Waals surface area contributed by atoms with Crippen LogP contribution in [-0.4, -0.2) is 12.6 Å². The summed E-state index contributed by atoms with van der Waals surface area (Å²) in [5, 5.41) is 8.62. The van der Waals surface area contributed by atoms with E-state index in [0.717, 1.165) is 12.1 Å². The Kier molecular flexibility index (Phi) is 4.69. The molecule has 0 unspecified atom stereocenters. The van der Waals surface area contributed by atoms with E-state index in [-0.39, 0.29) is 16.9 Å². The lowest BCUT2D eigenvalue weighted by molar-refractivity contribution is 0.0729. The molecule has 0 amide bonds. The maximum atomic E-state index is 13.8. The van der Waals surface area contributed by atoms with Crippen LogP contribution in [0.15, 0.2) is 36.4 Å². The van der Waals surface area contributed by atoms with Gasteiger partial charge in [0.05, 0.1) is 17.7 Å². The van der Waals surface area contributed by atoms with Crippen LogP contribution in [-0.2, 0) is 0 Å². The van der Waals surface area contributed by atoms with Crippen LogP contribution in [0.4, 0.5) is 8.78 Å². The number of carbonyl (C=O) groups excluding carboxylic acids is 1. The molecule has 4 nitrogen and oxygen atoms in total. The highest BCUT2D eigenvalue weighted by atomic mass is 19.1. The molecule has 0 N–H and O–H groups in total. The second-order valence-electron chi connectivity index (χ2n) is 4.22. The molecule has 112 valence electrons. The minimum absolute atomic E-state index is 0.116. The first-order valence-corrected chi connectivity index (χ1v) is 6.39. The molecule has 0 heterocycles. The molecule has 0 fully saturated rings. The van der Waals surface area contributed by atoms with Gasteiger partial charge in [0.15, 0.2) is 0 Å². The van der Waals surface area contributed by atoms with Gasteiger partial charge in [-0.3, -0.25) is 0 Å². The summed E-state index contributed by atoms with van der Waals surface area (Å²) in [6, 6.07) is 8.69. The van der Waals surface area contributed by atoms with Gasteiger partial charge in [0, 0.05) is 12.1 Å². The fraction of sp³-hybridized carbons (Fsp3) is 0.125. The van der Waals surface area contributed by atoms with Crippen molar-refractivity contribution in [3.63, 3.8) is 0 Å². The predicted molar refractivity (Wildman–Crippen MR) is 73.6 cm³/mol. The molecule has 0 bridgehead atoms. The number of rotatable bonds is 4. The molecule has 2 rings (SSSR count). The molecule has 0 saturated carbocycles. The van der Waals surface area contributed by atoms with Gasteiger partial charge in [-0.05, 0) is 31.2 Å². The van der Waals surface area contributed by atoms with Crippen molar-refractivity contribution in [2.45, 2.75) is 6.92 Å². The summed E-state index contributed by atoms with van der Waals surface area (Å²) in [5.41, 5.74) is -0.472. The van der Waals surface area contributed by atoms with Gasteiger partial charge < -0.3 is 9.47 Å². The van der Waals surface area contributed by atoms with Gasteiger partial charge in [0.1, 0.15) is 29.2 Å². The summed E-state index contributed by atoms with van der Waals surface area (Å²) in [6.07, 6.45) is 0. The minimum atomic E-state index is -0.968. The third kappa shape index (κ3) is 3.38. The van der Waals surface area contributed by atoms with Crippen LogP contribution in [0.2, 0.25) is 0 Å². The smallest absolute Gasteiger partial charge is 0.346 e.